The second-order valence-corrected chi connectivity index (χ2v) is 10.3. The number of benzene rings is 1. The molecule has 4 rings (SSSR count). The van der Waals surface area contributed by atoms with E-state index in [4.69, 9.17) is 5.14 Å². The number of sulfonamides is 1. The first-order valence-electron chi connectivity index (χ1n) is 10.8. The number of anilines is 2. The smallest absolute Gasteiger partial charge is 0.259 e. The van der Waals surface area contributed by atoms with E-state index < -0.39 is 40.6 Å². The molecule has 0 saturated carbocycles. The maximum absolute atomic E-state index is 14.0. The van der Waals surface area contributed by atoms with Gasteiger partial charge in [0.25, 0.3) is 11.8 Å². The molecule has 1 fully saturated rings. The van der Waals surface area contributed by atoms with Crippen LogP contribution >= 0.6 is 0 Å². The number of hydrogen-bond donors (Lipinski definition) is 2. The fourth-order valence-corrected chi connectivity index (χ4v) is 4.81. The largest absolute Gasteiger partial charge is 0.356 e. The topological polar surface area (TPSA) is 105 Å². The van der Waals surface area contributed by atoms with Gasteiger partial charge >= 0.3 is 0 Å². The fourth-order valence-electron chi connectivity index (χ4n) is 4.25. The van der Waals surface area contributed by atoms with Crippen LogP contribution in [0.2, 0.25) is 0 Å². The number of aromatic nitrogens is 1. The highest BCUT2D eigenvalue weighted by atomic mass is 32.2. The first kappa shape index (κ1) is 24.4. The van der Waals surface area contributed by atoms with Crippen molar-refractivity contribution in [2.75, 3.05) is 23.3 Å². The van der Waals surface area contributed by atoms with Crippen molar-refractivity contribution in [2.45, 2.75) is 55.3 Å². The Bertz CT molecular complexity index is 1220. The van der Waals surface area contributed by atoms with Gasteiger partial charge in [-0.3, -0.25) is 4.79 Å². The Morgan fingerprint density at radius 1 is 1.06 bits per heavy atom. The van der Waals surface area contributed by atoms with Gasteiger partial charge in [0.1, 0.15) is 5.82 Å². The Morgan fingerprint density at radius 3 is 2.56 bits per heavy atom. The van der Waals surface area contributed by atoms with Crippen molar-refractivity contribution in [3.8, 4) is 0 Å². The van der Waals surface area contributed by atoms with Crippen molar-refractivity contribution in [1.82, 2.24) is 4.98 Å². The second kappa shape index (κ2) is 8.81. The first-order valence-corrected chi connectivity index (χ1v) is 12.4. The van der Waals surface area contributed by atoms with E-state index in [-0.39, 0.29) is 66.3 Å². The molecule has 1 amide bonds. The Balaban J connectivity index is 1.71. The van der Waals surface area contributed by atoms with E-state index >= 15 is 0 Å². The minimum Gasteiger partial charge on any atom is -0.356 e. The van der Waals surface area contributed by atoms with Crippen LogP contribution in [-0.2, 0) is 22.9 Å². The van der Waals surface area contributed by atoms with Crippen LogP contribution in [0.1, 0.15) is 47.3 Å². The molecule has 0 atom stereocenters. The lowest BCUT2D eigenvalue weighted by Crippen LogP contribution is -2.32. The number of amides is 1. The molecule has 34 heavy (non-hydrogen) atoms. The van der Waals surface area contributed by atoms with Gasteiger partial charge in [0, 0.05) is 50.2 Å². The Labute approximate surface area is 194 Å². The predicted octanol–water partition coefficient (Wildman–Crippen LogP) is 3.73. The summed E-state index contributed by atoms with van der Waals surface area (Å²) in [6.45, 7) is 0.189. The molecule has 2 aromatic rings. The quantitative estimate of drug-likeness (QED) is 0.623. The average molecular weight is 501 g/mol. The molecule has 0 bridgehead atoms. The van der Waals surface area contributed by atoms with Crippen LogP contribution < -0.4 is 15.4 Å². The lowest BCUT2D eigenvalue weighted by atomic mass is 9.91. The molecule has 7 nitrogen and oxygen atoms in total. The predicted molar refractivity (Wildman–Crippen MR) is 118 cm³/mol. The number of fused-ring (bicyclic) bond motifs is 1. The highest BCUT2D eigenvalue weighted by Crippen LogP contribution is 2.36. The molecular weight excluding hydrogens is 476 g/mol. The zero-order chi connectivity index (χ0) is 24.7. The van der Waals surface area contributed by atoms with E-state index in [0.29, 0.717) is 5.69 Å². The molecule has 0 radical (unpaired) electrons. The number of hydrogen-bond acceptors (Lipinski definition) is 5. The van der Waals surface area contributed by atoms with Gasteiger partial charge < -0.3 is 10.2 Å². The number of nitrogens with two attached hydrogens (primary N) is 1. The van der Waals surface area contributed by atoms with Crippen LogP contribution in [0.4, 0.5) is 29.1 Å². The van der Waals surface area contributed by atoms with Crippen LogP contribution in [-0.4, -0.2) is 44.2 Å². The number of alkyl halides is 4. The SMILES string of the molecule is NS(=O)(=O)c1cccc(NC(=O)c2cc3c(nc2N2CCCC(F)(F)CC2)CCC(F)(F)C3)c1. The van der Waals surface area contributed by atoms with Gasteiger partial charge in [-0.2, -0.15) is 0 Å². The summed E-state index contributed by atoms with van der Waals surface area (Å²) in [5.41, 5.74) is 0.726. The molecule has 1 aromatic carbocycles. The number of pyridine rings is 1. The van der Waals surface area contributed by atoms with E-state index in [1.165, 1.54) is 30.3 Å². The van der Waals surface area contributed by atoms with Crippen molar-refractivity contribution in [2.24, 2.45) is 5.14 Å². The van der Waals surface area contributed by atoms with Crippen molar-refractivity contribution in [3.63, 3.8) is 0 Å². The second-order valence-electron chi connectivity index (χ2n) is 8.72. The summed E-state index contributed by atoms with van der Waals surface area (Å²) in [6.07, 6.45) is -1.46. The molecule has 0 unspecified atom stereocenters. The minimum absolute atomic E-state index is 0.0115. The summed E-state index contributed by atoms with van der Waals surface area (Å²) < 4.78 is 79.1. The van der Waals surface area contributed by atoms with Crippen LogP contribution in [0.3, 0.4) is 0 Å². The number of nitrogens with one attached hydrogen (secondary N) is 1. The van der Waals surface area contributed by atoms with Gasteiger partial charge in [-0.1, -0.05) is 6.07 Å². The molecule has 1 aromatic heterocycles. The third-order valence-electron chi connectivity index (χ3n) is 6.03. The zero-order valence-corrected chi connectivity index (χ0v) is 19.0. The van der Waals surface area contributed by atoms with Crippen LogP contribution in [0.5, 0.6) is 0 Å². The summed E-state index contributed by atoms with van der Waals surface area (Å²) in [5, 5.41) is 7.69. The van der Waals surface area contributed by atoms with E-state index in [1.807, 2.05) is 0 Å². The molecule has 2 heterocycles. The molecule has 1 aliphatic heterocycles. The van der Waals surface area contributed by atoms with Gasteiger partial charge in [-0.25, -0.2) is 36.1 Å². The minimum atomic E-state index is -4.02. The molecule has 3 N–H and O–H groups in total. The first-order chi connectivity index (χ1) is 15.8. The molecular formula is C22H24F4N4O3S. The third kappa shape index (κ3) is 5.49. The number of carbonyl (C=O) groups is 1. The van der Waals surface area contributed by atoms with E-state index in [9.17, 15) is 30.8 Å². The Hall–Kier alpha value is -2.73. The van der Waals surface area contributed by atoms with Crippen molar-refractivity contribution >= 4 is 27.4 Å². The highest BCUT2D eigenvalue weighted by Gasteiger charge is 2.37. The summed E-state index contributed by atoms with van der Waals surface area (Å²) in [4.78, 5) is 19.1. The number of aryl methyl sites for hydroxylation is 1. The number of carbonyl (C=O) groups excluding carboxylic acids is 1. The molecule has 184 valence electrons. The lowest BCUT2D eigenvalue weighted by Gasteiger charge is -2.29. The van der Waals surface area contributed by atoms with Gasteiger partial charge in [0.15, 0.2) is 0 Å². The number of primary sulfonamides is 1. The third-order valence-corrected chi connectivity index (χ3v) is 6.94. The molecule has 2 aliphatic rings. The Morgan fingerprint density at radius 2 is 1.82 bits per heavy atom. The van der Waals surface area contributed by atoms with Gasteiger partial charge in [-0.15, -0.1) is 0 Å². The molecule has 0 spiro atoms. The standard InChI is InChI=1S/C22H24F4N4O3S/c23-21(24)6-2-9-30(10-8-21)19-17(11-14-13-22(25,26)7-5-18(14)29-19)20(31)28-15-3-1-4-16(12-15)34(27,32)33/h1,3-4,11-12H,2,5-10,13H2,(H,28,31)(H2,27,32,33). The number of rotatable bonds is 4. The van der Waals surface area contributed by atoms with E-state index in [1.54, 1.807) is 4.90 Å². The van der Waals surface area contributed by atoms with Gasteiger partial charge in [0.05, 0.1) is 10.5 Å². The Kier molecular flexibility index (Phi) is 6.32. The average Bonchev–Trinajstić information content (AvgIpc) is 2.92. The van der Waals surface area contributed by atoms with Crippen molar-refractivity contribution in [1.29, 1.82) is 0 Å². The zero-order valence-electron chi connectivity index (χ0n) is 18.2. The van der Waals surface area contributed by atoms with Crippen molar-refractivity contribution < 1.29 is 30.8 Å². The monoisotopic (exact) mass is 500 g/mol. The maximum atomic E-state index is 14.0. The molecule has 12 heteroatoms. The summed E-state index contributed by atoms with van der Waals surface area (Å²) in [5.74, 6) is -6.33. The highest BCUT2D eigenvalue weighted by molar-refractivity contribution is 7.89. The molecule has 1 saturated heterocycles. The summed E-state index contributed by atoms with van der Waals surface area (Å²) >= 11 is 0. The molecule has 1 aliphatic carbocycles. The summed E-state index contributed by atoms with van der Waals surface area (Å²) in [6, 6.07) is 6.60. The fraction of sp³-hybridized carbons (Fsp3) is 0.455. The van der Waals surface area contributed by atoms with Gasteiger partial charge in [0.2, 0.25) is 15.9 Å². The number of halogens is 4. The normalized spacial score (nSPS) is 19.7. The van der Waals surface area contributed by atoms with Crippen LogP contribution in [0, 0.1) is 0 Å². The van der Waals surface area contributed by atoms with Crippen LogP contribution in [0.15, 0.2) is 35.2 Å². The van der Waals surface area contributed by atoms with E-state index in [0.717, 1.165) is 0 Å². The maximum Gasteiger partial charge on any atom is 0.259 e. The van der Waals surface area contributed by atoms with Gasteiger partial charge in [-0.05, 0) is 42.7 Å². The van der Waals surface area contributed by atoms with Crippen molar-refractivity contribution in [3.05, 3.63) is 47.2 Å². The van der Waals surface area contributed by atoms with E-state index in [2.05, 4.69) is 10.3 Å². The van der Waals surface area contributed by atoms with Crippen LogP contribution in [0.25, 0.3) is 0 Å². The number of nitrogens with zero attached hydrogens (tertiary/aromatic N) is 2. The lowest BCUT2D eigenvalue weighted by molar-refractivity contribution is -0.0130. The summed E-state index contributed by atoms with van der Waals surface area (Å²) in [7, 11) is -4.02.